The van der Waals surface area contributed by atoms with Crippen molar-refractivity contribution < 1.29 is 0 Å². The molecular weight excluding hydrogens is 1600 g/mol. The molecule has 0 N–H and O–H groups in total. The summed E-state index contributed by atoms with van der Waals surface area (Å²) in [6, 6.07) is 153. The van der Waals surface area contributed by atoms with Gasteiger partial charge >= 0.3 is 0 Å². The van der Waals surface area contributed by atoms with Crippen LogP contribution in [0.5, 0.6) is 0 Å². The van der Waals surface area contributed by atoms with Crippen molar-refractivity contribution in [1.29, 1.82) is 0 Å². The number of hydrogen-bond acceptors (Lipinski definition) is 6. The van der Waals surface area contributed by atoms with Gasteiger partial charge in [-0.15, -0.1) is 0 Å². The Kier molecular flexibility index (Phi) is 18.8. The summed E-state index contributed by atoms with van der Waals surface area (Å²) in [7, 11) is 0. The molecule has 3 aliphatic carbocycles. The lowest BCUT2D eigenvalue weighted by Crippen LogP contribution is -2.17. The van der Waals surface area contributed by atoms with E-state index in [1.54, 1.807) is 0 Å². The number of benzene rings is 17. The Hall–Kier alpha value is -16.6. The molecule has 0 bridgehead atoms. The third kappa shape index (κ3) is 13.0. The Morgan fingerprint density at radius 1 is 0.167 bits per heavy atom. The summed E-state index contributed by atoms with van der Waals surface area (Å²) < 4.78 is 7.07. The van der Waals surface area contributed by atoms with Gasteiger partial charge in [-0.25, -0.2) is 29.9 Å². The maximum Gasteiger partial charge on any atom is 0.160 e. The molecule has 0 fully saturated rings. The topological polar surface area (TPSA) is 92.1 Å². The van der Waals surface area contributed by atoms with Crippen molar-refractivity contribution >= 4 is 65.4 Å². The van der Waals surface area contributed by atoms with Crippen LogP contribution in [-0.2, 0) is 16.2 Å². The fraction of sp³-hybridized carbons (Fsp3) is 0.0732. The maximum absolute atomic E-state index is 5.43. The van der Waals surface area contributed by atoms with Crippen LogP contribution in [0.25, 0.3) is 206 Å². The SMILES string of the molecule is CC1(C)c2ccccc2-c2nc(-c3ccc(-c4ccccc4)cc3)nc(-c3ccc4c(c3)c3ccccc3n4-c3ccccc3)c21.CC1(C)c2ccccc2-c2nc(-c3cccc(-c4ccccc4)c3)nc(-c3ccc4c(c3)c3ccccc3n4-c3ccccc3)c21.CC1(C)c2ccccc2-c2nc(-c3ccccc3)nc(-c3ccc4c(c3)c3ccccc3n4-c3ccccc3)c21. The van der Waals surface area contributed by atoms with E-state index in [0.717, 1.165) is 108 Å². The lowest BCUT2D eigenvalue weighted by molar-refractivity contribution is 0.657. The van der Waals surface area contributed by atoms with Crippen molar-refractivity contribution in [2.45, 2.75) is 57.8 Å². The Labute approximate surface area is 766 Å². The van der Waals surface area contributed by atoms with Gasteiger partial charge in [0.05, 0.1) is 67.3 Å². The summed E-state index contributed by atoms with van der Waals surface area (Å²) in [5, 5.41) is 7.34. The monoisotopic (exact) mass is 1690 g/mol. The van der Waals surface area contributed by atoms with Gasteiger partial charge in [-0.1, -0.05) is 375 Å². The molecule has 0 unspecified atom stereocenters. The summed E-state index contributed by atoms with van der Waals surface area (Å²) >= 11 is 0. The van der Waals surface area contributed by atoms with Crippen LogP contribution in [0.2, 0.25) is 0 Å². The second-order valence-electron chi connectivity index (χ2n) is 36.4. The number of nitrogens with zero attached hydrogens (tertiary/aromatic N) is 9. The van der Waals surface area contributed by atoms with Gasteiger partial charge in [0.25, 0.3) is 0 Å². The van der Waals surface area contributed by atoms with E-state index >= 15 is 0 Å². The van der Waals surface area contributed by atoms with E-state index < -0.39 is 0 Å². The molecule has 132 heavy (non-hydrogen) atoms. The smallest absolute Gasteiger partial charge is 0.160 e. The highest BCUT2D eigenvalue weighted by Crippen LogP contribution is 2.56. The van der Waals surface area contributed by atoms with Crippen LogP contribution in [0.1, 0.15) is 74.9 Å². The van der Waals surface area contributed by atoms with Crippen molar-refractivity contribution in [3.8, 4) is 141 Å². The minimum atomic E-state index is -0.251. The minimum Gasteiger partial charge on any atom is -0.309 e. The second-order valence-corrected chi connectivity index (χ2v) is 36.4. The van der Waals surface area contributed by atoms with Gasteiger partial charge in [-0.3, -0.25) is 0 Å². The first-order valence-electron chi connectivity index (χ1n) is 45.5. The maximum atomic E-state index is 5.43. The molecule has 3 aliphatic rings. The first kappa shape index (κ1) is 78.8. The van der Waals surface area contributed by atoms with E-state index in [4.69, 9.17) is 29.9 Å². The molecule has 0 atom stereocenters. The van der Waals surface area contributed by atoms with Gasteiger partial charge in [-0.2, -0.15) is 0 Å². The number of aromatic nitrogens is 9. The molecule has 0 saturated carbocycles. The van der Waals surface area contributed by atoms with Crippen LogP contribution in [-0.4, -0.2) is 43.6 Å². The fourth-order valence-electron chi connectivity index (χ4n) is 21.3. The van der Waals surface area contributed by atoms with E-state index in [1.165, 1.54) is 132 Å². The highest BCUT2D eigenvalue weighted by atomic mass is 15.0. The molecule has 0 amide bonds. The molecular formula is C123H89N9. The number of hydrogen-bond donors (Lipinski definition) is 0. The molecule has 0 saturated heterocycles. The predicted octanol–water partition coefficient (Wildman–Crippen LogP) is 31.0. The molecule has 17 aromatic carbocycles. The Morgan fingerprint density at radius 2 is 0.402 bits per heavy atom. The van der Waals surface area contributed by atoms with E-state index in [9.17, 15) is 0 Å². The lowest BCUT2D eigenvalue weighted by atomic mass is 9.80. The molecule has 0 spiro atoms. The van der Waals surface area contributed by atoms with E-state index in [2.05, 4.69) is 462 Å². The molecule has 0 radical (unpaired) electrons. The Bertz CT molecular complexity index is 8500. The first-order valence-corrected chi connectivity index (χ1v) is 45.5. The highest BCUT2D eigenvalue weighted by molar-refractivity contribution is 6.13. The van der Waals surface area contributed by atoms with Crippen LogP contribution >= 0.6 is 0 Å². The molecule has 9 nitrogen and oxygen atoms in total. The third-order valence-electron chi connectivity index (χ3n) is 27.6. The lowest BCUT2D eigenvalue weighted by Gasteiger charge is -2.24. The van der Waals surface area contributed by atoms with Gasteiger partial charge in [0.15, 0.2) is 17.5 Å². The molecule has 23 aromatic rings. The van der Waals surface area contributed by atoms with Gasteiger partial charge in [0.1, 0.15) is 0 Å². The number of rotatable bonds is 11. The zero-order chi connectivity index (χ0) is 88.5. The third-order valence-corrected chi connectivity index (χ3v) is 27.6. The van der Waals surface area contributed by atoms with E-state index in [0.29, 0.717) is 0 Å². The van der Waals surface area contributed by atoms with Crippen LogP contribution in [0.4, 0.5) is 0 Å². The quantitative estimate of drug-likeness (QED) is 0.128. The predicted molar refractivity (Wildman–Crippen MR) is 545 cm³/mol. The molecule has 9 heteroatoms. The van der Waals surface area contributed by atoms with Gasteiger partial charge in [0, 0.05) is 132 Å². The van der Waals surface area contributed by atoms with Crippen molar-refractivity contribution in [2.24, 2.45) is 0 Å². The summed E-state index contributed by atoms with van der Waals surface area (Å²) in [5.74, 6) is 2.24. The zero-order valence-corrected chi connectivity index (χ0v) is 74.0. The summed E-state index contributed by atoms with van der Waals surface area (Å²) in [4.78, 5) is 31.9. The van der Waals surface area contributed by atoms with Crippen LogP contribution in [0.15, 0.2) is 431 Å². The van der Waals surface area contributed by atoms with Crippen molar-refractivity contribution in [3.63, 3.8) is 0 Å². The molecule has 0 aliphatic heterocycles. The van der Waals surface area contributed by atoms with Gasteiger partial charge in [-0.05, 0) is 136 Å². The highest BCUT2D eigenvalue weighted by Gasteiger charge is 2.44. The van der Waals surface area contributed by atoms with Crippen LogP contribution < -0.4 is 0 Å². The van der Waals surface area contributed by atoms with E-state index in [-0.39, 0.29) is 16.2 Å². The van der Waals surface area contributed by atoms with Crippen LogP contribution in [0.3, 0.4) is 0 Å². The molecule has 6 heterocycles. The summed E-state index contributed by atoms with van der Waals surface area (Å²) in [5.41, 5.74) is 38.0. The van der Waals surface area contributed by atoms with Crippen molar-refractivity contribution in [3.05, 3.63) is 464 Å². The van der Waals surface area contributed by atoms with Crippen molar-refractivity contribution in [2.75, 3.05) is 0 Å². The summed E-state index contributed by atoms with van der Waals surface area (Å²) in [6.07, 6.45) is 0. The fourth-order valence-corrected chi connectivity index (χ4v) is 21.3. The average Bonchev–Trinajstić information content (AvgIpc) is 1.56. The Balaban J connectivity index is 0.000000110. The number of para-hydroxylation sites is 6. The first-order chi connectivity index (χ1) is 64.8. The van der Waals surface area contributed by atoms with Gasteiger partial charge in [0.2, 0.25) is 0 Å². The Morgan fingerprint density at radius 3 is 0.758 bits per heavy atom. The molecule has 626 valence electrons. The minimum absolute atomic E-state index is 0.219. The molecule has 26 rings (SSSR count). The van der Waals surface area contributed by atoms with E-state index in [1.807, 2.05) is 24.3 Å². The largest absolute Gasteiger partial charge is 0.309 e. The standard InChI is InChI=1S/2C43H31N3.C37H27N3/c1-43(2)36-22-11-9-21-34(36)41-39(43)40(44-42(45-41)31-17-13-16-29(26-31)28-14-5-3-6-15-28)30-24-25-38-35(27-30)33-20-10-12-23-37(33)46(38)32-18-7-4-8-19-32;1-43(2)36-19-11-9-18-34(36)41-39(43)40(44-42(45-41)30-23-21-29(22-24-30)28-13-5-3-6-14-28)31-25-26-38-35(27-31)33-17-10-12-20-37(33)46(38)32-15-7-4-8-16-32;1-37(2)30-19-11-9-18-28(30)35-33(37)34(38-36(39-35)24-13-5-3-6-14-24)25-21-22-32-29(23-25)27-17-10-12-20-31(27)40(32)26-15-7-4-8-16-26/h2*3-27H,1-2H3;3-23H,1-2H3. The normalized spacial score (nSPS) is 13.3. The zero-order valence-electron chi connectivity index (χ0n) is 74.0. The number of fused-ring (bicyclic) bond motifs is 18. The van der Waals surface area contributed by atoms with Crippen molar-refractivity contribution in [1.82, 2.24) is 43.6 Å². The van der Waals surface area contributed by atoms with Crippen LogP contribution in [0, 0.1) is 0 Å². The molecule has 6 aromatic heterocycles. The average molecular weight is 1690 g/mol. The second kappa shape index (κ2) is 31.4. The summed E-state index contributed by atoms with van der Waals surface area (Å²) in [6.45, 7) is 13.8. The van der Waals surface area contributed by atoms with Gasteiger partial charge < -0.3 is 13.7 Å².